The first-order valence-electron chi connectivity index (χ1n) is 8.42. The van der Waals surface area contributed by atoms with E-state index in [1.165, 1.54) is 25.7 Å². The molecule has 20 heavy (non-hydrogen) atoms. The summed E-state index contributed by atoms with van der Waals surface area (Å²) < 4.78 is 5.45. The molecule has 1 N–H and O–H groups in total. The molecule has 116 valence electrons. The lowest BCUT2D eigenvalue weighted by Crippen LogP contribution is -2.44. The van der Waals surface area contributed by atoms with Crippen molar-refractivity contribution in [1.82, 2.24) is 10.2 Å². The predicted molar refractivity (Wildman–Crippen MR) is 80.4 cm³/mol. The van der Waals surface area contributed by atoms with Crippen LogP contribution in [0, 0.1) is 5.92 Å². The van der Waals surface area contributed by atoms with Crippen LogP contribution in [0.1, 0.15) is 58.8 Å². The summed E-state index contributed by atoms with van der Waals surface area (Å²) in [6.45, 7) is 6.31. The molecule has 1 saturated carbocycles. The van der Waals surface area contributed by atoms with E-state index in [2.05, 4.69) is 17.1 Å². The lowest BCUT2D eigenvalue weighted by molar-refractivity contribution is -0.131. The Morgan fingerprint density at radius 3 is 2.70 bits per heavy atom. The third-order valence-electron chi connectivity index (χ3n) is 4.66. The Hall–Kier alpha value is -0.610. The highest BCUT2D eigenvalue weighted by Gasteiger charge is 2.42. The molecule has 2 unspecified atom stereocenters. The summed E-state index contributed by atoms with van der Waals surface area (Å²) in [6, 6.07) is 0.0437. The van der Waals surface area contributed by atoms with Crippen molar-refractivity contribution in [1.29, 1.82) is 0 Å². The summed E-state index contributed by atoms with van der Waals surface area (Å²) in [5.74, 6) is 0.947. The molecule has 2 rings (SSSR count). The maximum atomic E-state index is 12.6. The van der Waals surface area contributed by atoms with Gasteiger partial charge in [-0.3, -0.25) is 10.1 Å². The third kappa shape index (κ3) is 3.73. The molecule has 2 aliphatic rings. The van der Waals surface area contributed by atoms with Crippen LogP contribution in [-0.2, 0) is 9.53 Å². The van der Waals surface area contributed by atoms with Gasteiger partial charge < -0.3 is 9.64 Å². The molecular weight excluding hydrogens is 252 g/mol. The standard InChI is InChI=1S/C16H30N2O2/c1-3-5-10-14-16(19)18(11-12-20-4-2)15(17-14)13-8-6-7-9-13/h13-15,17H,3-12H2,1-2H3. The van der Waals surface area contributed by atoms with Crippen molar-refractivity contribution in [3.8, 4) is 0 Å². The average Bonchev–Trinajstić information content (AvgIpc) is 3.07. The van der Waals surface area contributed by atoms with Gasteiger partial charge in [-0.25, -0.2) is 0 Å². The first-order valence-corrected chi connectivity index (χ1v) is 8.42. The fourth-order valence-electron chi connectivity index (χ4n) is 3.54. The van der Waals surface area contributed by atoms with Gasteiger partial charge in [-0.05, 0) is 32.1 Å². The maximum Gasteiger partial charge on any atom is 0.241 e. The minimum absolute atomic E-state index is 0.0437. The molecule has 1 aliphatic heterocycles. The zero-order valence-electron chi connectivity index (χ0n) is 13.1. The second-order valence-corrected chi connectivity index (χ2v) is 6.08. The Morgan fingerprint density at radius 1 is 1.30 bits per heavy atom. The summed E-state index contributed by atoms with van der Waals surface area (Å²) in [5, 5.41) is 3.62. The molecule has 1 amide bonds. The van der Waals surface area contributed by atoms with E-state index in [0.717, 1.165) is 32.4 Å². The predicted octanol–water partition coefficient (Wildman–Crippen LogP) is 2.53. The van der Waals surface area contributed by atoms with Crippen LogP contribution in [-0.4, -0.2) is 42.8 Å². The highest BCUT2D eigenvalue weighted by atomic mass is 16.5. The number of carbonyl (C=O) groups is 1. The third-order valence-corrected chi connectivity index (χ3v) is 4.66. The average molecular weight is 282 g/mol. The molecule has 2 atom stereocenters. The summed E-state index contributed by atoms with van der Waals surface area (Å²) in [4.78, 5) is 14.6. The monoisotopic (exact) mass is 282 g/mol. The van der Waals surface area contributed by atoms with Gasteiger partial charge in [0.1, 0.15) is 0 Å². The van der Waals surface area contributed by atoms with E-state index in [1.54, 1.807) is 0 Å². The van der Waals surface area contributed by atoms with E-state index in [4.69, 9.17) is 4.74 Å². The number of nitrogens with one attached hydrogen (secondary N) is 1. The fourth-order valence-corrected chi connectivity index (χ4v) is 3.54. The van der Waals surface area contributed by atoms with E-state index >= 15 is 0 Å². The van der Waals surface area contributed by atoms with Crippen molar-refractivity contribution >= 4 is 5.91 Å². The summed E-state index contributed by atoms with van der Waals surface area (Å²) in [7, 11) is 0. The van der Waals surface area contributed by atoms with E-state index < -0.39 is 0 Å². The first-order chi connectivity index (χ1) is 9.77. The van der Waals surface area contributed by atoms with E-state index in [9.17, 15) is 4.79 Å². The van der Waals surface area contributed by atoms with Crippen molar-refractivity contribution < 1.29 is 9.53 Å². The minimum Gasteiger partial charge on any atom is -0.380 e. The van der Waals surface area contributed by atoms with Crippen molar-refractivity contribution in [2.24, 2.45) is 5.92 Å². The Bertz CT molecular complexity index is 303. The molecule has 0 bridgehead atoms. The second-order valence-electron chi connectivity index (χ2n) is 6.08. The Labute approximate surface area is 123 Å². The van der Waals surface area contributed by atoms with Crippen LogP contribution in [0.3, 0.4) is 0 Å². The van der Waals surface area contributed by atoms with Crippen LogP contribution in [0.25, 0.3) is 0 Å². The van der Waals surface area contributed by atoms with E-state index in [-0.39, 0.29) is 12.2 Å². The second kappa shape index (κ2) is 7.99. The summed E-state index contributed by atoms with van der Waals surface area (Å²) in [5.41, 5.74) is 0. The van der Waals surface area contributed by atoms with Crippen LogP contribution in [0.2, 0.25) is 0 Å². The first kappa shape index (κ1) is 15.8. The SMILES string of the molecule is CCCCC1NC(C2CCCC2)N(CCOCC)C1=O. The van der Waals surface area contributed by atoms with Gasteiger partial charge in [0, 0.05) is 13.2 Å². The van der Waals surface area contributed by atoms with Crippen LogP contribution in [0.4, 0.5) is 0 Å². The maximum absolute atomic E-state index is 12.6. The zero-order valence-corrected chi connectivity index (χ0v) is 13.1. The Balaban J connectivity index is 1.96. The topological polar surface area (TPSA) is 41.6 Å². The molecule has 4 nitrogen and oxygen atoms in total. The van der Waals surface area contributed by atoms with Gasteiger partial charge in [0.2, 0.25) is 5.91 Å². The van der Waals surface area contributed by atoms with Crippen molar-refractivity contribution in [3.05, 3.63) is 0 Å². The molecule has 0 aromatic carbocycles. The lowest BCUT2D eigenvalue weighted by Gasteiger charge is -2.28. The largest absolute Gasteiger partial charge is 0.380 e. The van der Waals surface area contributed by atoms with Crippen LogP contribution < -0.4 is 5.32 Å². The van der Waals surface area contributed by atoms with Crippen LogP contribution in [0.15, 0.2) is 0 Å². The molecule has 4 heteroatoms. The van der Waals surface area contributed by atoms with Crippen molar-refractivity contribution in [3.63, 3.8) is 0 Å². The van der Waals surface area contributed by atoms with Crippen molar-refractivity contribution in [2.45, 2.75) is 71.0 Å². The number of rotatable bonds is 8. The van der Waals surface area contributed by atoms with Crippen LogP contribution in [0.5, 0.6) is 0 Å². The van der Waals surface area contributed by atoms with Gasteiger partial charge >= 0.3 is 0 Å². The van der Waals surface area contributed by atoms with E-state index in [1.807, 2.05) is 6.92 Å². The van der Waals surface area contributed by atoms with Gasteiger partial charge in [-0.2, -0.15) is 0 Å². The Kier molecular flexibility index (Phi) is 6.30. The molecule has 0 radical (unpaired) electrons. The highest BCUT2D eigenvalue weighted by Crippen LogP contribution is 2.32. The van der Waals surface area contributed by atoms with Gasteiger partial charge in [0.05, 0.1) is 18.8 Å². The molecule has 1 aliphatic carbocycles. The number of amides is 1. The van der Waals surface area contributed by atoms with Gasteiger partial charge in [-0.15, -0.1) is 0 Å². The molecular formula is C16H30N2O2. The smallest absolute Gasteiger partial charge is 0.241 e. The molecule has 0 aromatic rings. The molecule has 0 aromatic heterocycles. The molecule has 0 spiro atoms. The molecule has 1 saturated heterocycles. The number of unbranched alkanes of at least 4 members (excludes halogenated alkanes) is 1. The number of hydrogen-bond acceptors (Lipinski definition) is 3. The summed E-state index contributed by atoms with van der Waals surface area (Å²) in [6.07, 6.45) is 8.66. The number of carbonyl (C=O) groups excluding carboxylic acids is 1. The normalized spacial score (nSPS) is 27.7. The molecule has 1 heterocycles. The molecule has 2 fully saturated rings. The zero-order chi connectivity index (χ0) is 14.4. The summed E-state index contributed by atoms with van der Waals surface area (Å²) >= 11 is 0. The number of ether oxygens (including phenoxy) is 1. The fraction of sp³-hybridized carbons (Fsp3) is 0.938. The number of nitrogens with zero attached hydrogens (tertiary/aromatic N) is 1. The minimum atomic E-state index is 0.0437. The number of hydrogen-bond donors (Lipinski definition) is 1. The van der Waals surface area contributed by atoms with Crippen LogP contribution >= 0.6 is 0 Å². The lowest BCUT2D eigenvalue weighted by atomic mass is 10.0. The van der Waals surface area contributed by atoms with Gasteiger partial charge in [0.25, 0.3) is 0 Å². The quantitative estimate of drug-likeness (QED) is 0.696. The van der Waals surface area contributed by atoms with Gasteiger partial charge in [-0.1, -0.05) is 32.6 Å². The highest BCUT2D eigenvalue weighted by molar-refractivity contribution is 5.84. The van der Waals surface area contributed by atoms with Gasteiger partial charge in [0.15, 0.2) is 0 Å². The van der Waals surface area contributed by atoms with E-state index in [0.29, 0.717) is 18.4 Å². The Morgan fingerprint density at radius 2 is 2.05 bits per heavy atom. The van der Waals surface area contributed by atoms with Crippen molar-refractivity contribution in [2.75, 3.05) is 19.8 Å².